The number of aliphatic carboxylic acids is 1. The maximum atomic E-state index is 11.7. The molecule has 2 atom stereocenters. The minimum absolute atomic E-state index is 0.0952. The minimum Gasteiger partial charge on any atom is -0.480 e. The van der Waals surface area contributed by atoms with E-state index in [-0.39, 0.29) is 25.5 Å². The Bertz CT molecular complexity index is 576. The smallest absolute Gasteiger partial charge is 0.407 e. The average molecular weight is 352 g/mol. The van der Waals surface area contributed by atoms with Gasteiger partial charge in [0.2, 0.25) is 5.91 Å². The Hall–Kier alpha value is -2.61. The predicted octanol–water partition coefficient (Wildman–Crippen LogP) is 0.889. The monoisotopic (exact) mass is 352 g/mol. The van der Waals surface area contributed by atoms with Crippen LogP contribution in [0.25, 0.3) is 0 Å². The molecule has 0 aliphatic rings. The lowest BCUT2D eigenvalue weighted by Crippen LogP contribution is -2.46. The maximum absolute atomic E-state index is 11.7. The quantitative estimate of drug-likeness (QED) is 0.523. The van der Waals surface area contributed by atoms with E-state index in [2.05, 4.69) is 10.6 Å². The SMILES string of the molecule is CC(C)[C@H](NC(=O)C[C@H](O)CNC(=O)OCc1ccccc1)C(=O)O. The number of benzene rings is 1. The van der Waals surface area contributed by atoms with Gasteiger partial charge in [-0.1, -0.05) is 44.2 Å². The number of carbonyl (C=O) groups is 3. The van der Waals surface area contributed by atoms with Crippen LogP contribution in [0.15, 0.2) is 30.3 Å². The third-order valence-electron chi connectivity index (χ3n) is 3.37. The van der Waals surface area contributed by atoms with Crippen LogP contribution < -0.4 is 10.6 Å². The van der Waals surface area contributed by atoms with E-state index in [1.54, 1.807) is 26.0 Å². The van der Waals surface area contributed by atoms with Gasteiger partial charge in [-0.25, -0.2) is 9.59 Å². The second-order valence-electron chi connectivity index (χ2n) is 5.93. The van der Waals surface area contributed by atoms with Gasteiger partial charge < -0.3 is 25.6 Å². The summed E-state index contributed by atoms with van der Waals surface area (Å²) in [4.78, 5) is 34.3. The fourth-order valence-corrected chi connectivity index (χ4v) is 2.01. The summed E-state index contributed by atoms with van der Waals surface area (Å²) in [7, 11) is 0. The number of amides is 2. The zero-order valence-electron chi connectivity index (χ0n) is 14.3. The van der Waals surface area contributed by atoms with Crippen LogP contribution in [0, 0.1) is 5.92 Å². The summed E-state index contributed by atoms with van der Waals surface area (Å²) in [5.41, 5.74) is 0.825. The predicted molar refractivity (Wildman–Crippen MR) is 89.7 cm³/mol. The van der Waals surface area contributed by atoms with Gasteiger partial charge in [-0.2, -0.15) is 0 Å². The molecule has 0 saturated carbocycles. The minimum atomic E-state index is -1.15. The molecule has 25 heavy (non-hydrogen) atoms. The van der Waals surface area contributed by atoms with E-state index >= 15 is 0 Å². The Morgan fingerprint density at radius 1 is 1.16 bits per heavy atom. The molecule has 0 unspecified atom stereocenters. The zero-order valence-corrected chi connectivity index (χ0v) is 14.3. The number of nitrogens with one attached hydrogen (secondary N) is 2. The second-order valence-corrected chi connectivity index (χ2v) is 5.93. The molecule has 8 nitrogen and oxygen atoms in total. The molecule has 0 bridgehead atoms. The topological polar surface area (TPSA) is 125 Å². The van der Waals surface area contributed by atoms with E-state index < -0.39 is 30.1 Å². The number of rotatable bonds is 9. The lowest BCUT2D eigenvalue weighted by atomic mass is 10.0. The largest absolute Gasteiger partial charge is 0.480 e. The molecule has 0 aliphatic heterocycles. The van der Waals surface area contributed by atoms with Gasteiger partial charge in [-0.15, -0.1) is 0 Å². The third kappa shape index (κ3) is 8.16. The van der Waals surface area contributed by atoms with Crippen molar-refractivity contribution < 1.29 is 29.3 Å². The van der Waals surface area contributed by atoms with E-state index in [4.69, 9.17) is 9.84 Å². The van der Waals surface area contributed by atoms with E-state index in [0.717, 1.165) is 5.56 Å². The van der Waals surface area contributed by atoms with Crippen molar-refractivity contribution in [1.29, 1.82) is 0 Å². The maximum Gasteiger partial charge on any atom is 0.407 e. The van der Waals surface area contributed by atoms with E-state index in [1.165, 1.54) is 0 Å². The van der Waals surface area contributed by atoms with Crippen LogP contribution in [-0.2, 0) is 20.9 Å². The van der Waals surface area contributed by atoms with E-state index in [9.17, 15) is 19.5 Å². The van der Waals surface area contributed by atoms with Gasteiger partial charge in [0.15, 0.2) is 0 Å². The van der Waals surface area contributed by atoms with Gasteiger partial charge in [0.05, 0.1) is 12.5 Å². The van der Waals surface area contributed by atoms with E-state index in [0.29, 0.717) is 0 Å². The molecule has 0 radical (unpaired) electrons. The van der Waals surface area contributed by atoms with Crippen molar-refractivity contribution in [2.45, 2.75) is 39.0 Å². The Morgan fingerprint density at radius 3 is 2.36 bits per heavy atom. The molecule has 138 valence electrons. The number of hydrogen-bond acceptors (Lipinski definition) is 5. The summed E-state index contributed by atoms with van der Waals surface area (Å²) >= 11 is 0. The van der Waals surface area contributed by atoms with Crippen LogP contribution >= 0.6 is 0 Å². The first-order chi connectivity index (χ1) is 11.8. The molecule has 0 aliphatic carbocycles. The first kappa shape index (κ1) is 20.4. The molecular formula is C17H24N2O6. The molecule has 2 amide bonds. The molecule has 8 heteroatoms. The normalized spacial score (nSPS) is 13.0. The summed E-state index contributed by atoms with van der Waals surface area (Å²) in [6, 6.07) is 8.07. The summed E-state index contributed by atoms with van der Waals surface area (Å²) in [6.45, 7) is 3.25. The Balaban J connectivity index is 2.29. The molecule has 0 aromatic heterocycles. The average Bonchev–Trinajstić information content (AvgIpc) is 2.56. The van der Waals surface area contributed by atoms with Gasteiger partial charge >= 0.3 is 12.1 Å². The first-order valence-electron chi connectivity index (χ1n) is 7.94. The fraction of sp³-hybridized carbons (Fsp3) is 0.471. The molecular weight excluding hydrogens is 328 g/mol. The molecule has 1 aromatic carbocycles. The third-order valence-corrected chi connectivity index (χ3v) is 3.37. The van der Waals surface area contributed by atoms with Crippen molar-refractivity contribution in [2.75, 3.05) is 6.54 Å². The summed E-state index contributed by atoms with van der Waals surface area (Å²) in [5, 5.41) is 23.5. The number of carboxylic acid groups (broad SMARTS) is 1. The van der Waals surface area contributed by atoms with Crippen molar-refractivity contribution in [3.05, 3.63) is 35.9 Å². The van der Waals surface area contributed by atoms with Crippen molar-refractivity contribution in [3.63, 3.8) is 0 Å². The number of ether oxygens (including phenoxy) is 1. The van der Waals surface area contributed by atoms with Crippen LogP contribution in [0.5, 0.6) is 0 Å². The van der Waals surface area contributed by atoms with Gasteiger partial charge in [0.25, 0.3) is 0 Å². The van der Waals surface area contributed by atoms with Crippen molar-refractivity contribution in [2.24, 2.45) is 5.92 Å². The molecule has 1 rings (SSSR count). The van der Waals surface area contributed by atoms with Gasteiger partial charge in [-0.05, 0) is 11.5 Å². The van der Waals surface area contributed by atoms with Crippen molar-refractivity contribution >= 4 is 18.0 Å². The van der Waals surface area contributed by atoms with Gasteiger partial charge in [0, 0.05) is 6.54 Å². The molecule has 0 saturated heterocycles. The number of alkyl carbamates (subject to hydrolysis) is 1. The standard InChI is InChI=1S/C17H24N2O6/c1-11(2)15(16(22)23)19-14(21)8-13(20)9-18-17(24)25-10-12-6-4-3-5-7-12/h3-7,11,13,15,20H,8-10H2,1-2H3,(H,18,24)(H,19,21)(H,22,23)/t13-,15-/m0/s1. The summed E-state index contributed by atoms with van der Waals surface area (Å²) in [5.74, 6) is -2.03. The highest BCUT2D eigenvalue weighted by molar-refractivity contribution is 5.84. The molecule has 0 heterocycles. The highest BCUT2D eigenvalue weighted by Crippen LogP contribution is 2.03. The highest BCUT2D eigenvalue weighted by Gasteiger charge is 2.24. The Morgan fingerprint density at radius 2 is 1.80 bits per heavy atom. The van der Waals surface area contributed by atoms with Crippen LogP contribution in [0.4, 0.5) is 4.79 Å². The number of hydrogen-bond donors (Lipinski definition) is 4. The van der Waals surface area contributed by atoms with Crippen LogP contribution in [0.3, 0.4) is 0 Å². The summed E-state index contributed by atoms with van der Waals surface area (Å²) < 4.78 is 4.97. The van der Waals surface area contributed by atoms with Crippen LogP contribution in [0.1, 0.15) is 25.8 Å². The zero-order chi connectivity index (χ0) is 18.8. The molecule has 4 N–H and O–H groups in total. The van der Waals surface area contributed by atoms with E-state index in [1.807, 2.05) is 18.2 Å². The van der Waals surface area contributed by atoms with Crippen LogP contribution in [-0.4, -0.2) is 46.9 Å². The summed E-state index contributed by atoms with van der Waals surface area (Å²) in [6.07, 6.45) is -2.19. The van der Waals surface area contributed by atoms with Crippen molar-refractivity contribution in [1.82, 2.24) is 10.6 Å². The number of aliphatic hydroxyl groups excluding tert-OH is 1. The number of carbonyl (C=O) groups excluding carboxylic acids is 2. The van der Waals surface area contributed by atoms with Crippen molar-refractivity contribution in [3.8, 4) is 0 Å². The Labute approximate surface area is 146 Å². The number of aliphatic hydroxyl groups is 1. The second kappa shape index (κ2) is 10.3. The highest BCUT2D eigenvalue weighted by atomic mass is 16.5. The van der Waals surface area contributed by atoms with Gasteiger partial charge in [0.1, 0.15) is 12.6 Å². The molecule has 0 fully saturated rings. The fourth-order valence-electron chi connectivity index (χ4n) is 2.01. The van der Waals surface area contributed by atoms with Gasteiger partial charge in [-0.3, -0.25) is 4.79 Å². The lowest BCUT2D eigenvalue weighted by Gasteiger charge is -2.19. The molecule has 1 aromatic rings. The lowest BCUT2D eigenvalue weighted by molar-refractivity contribution is -0.143. The molecule has 0 spiro atoms. The number of carboxylic acids is 1. The Kier molecular flexibility index (Phi) is 8.42. The first-order valence-corrected chi connectivity index (χ1v) is 7.94. The van der Waals surface area contributed by atoms with Crippen LogP contribution in [0.2, 0.25) is 0 Å².